The molecule has 1 N–H and O–H groups in total. The van der Waals surface area contributed by atoms with Crippen molar-refractivity contribution in [1.29, 1.82) is 0 Å². The SMILES string of the molecule is CCNCc1ccc(N2CCCCCC2C)c(Br)c1. The molecule has 1 atom stereocenters. The molecular formula is C16H25BrN2. The van der Waals surface area contributed by atoms with Crippen molar-refractivity contribution in [2.75, 3.05) is 18.0 Å². The van der Waals surface area contributed by atoms with Crippen LogP contribution in [0.4, 0.5) is 5.69 Å². The fourth-order valence-electron chi connectivity index (χ4n) is 2.80. The lowest BCUT2D eigenvalue weighted by Gasteiger charge is -2.30. The maximum Gasteiger partial charge on any atom is 0.0513 e. The van der Waals surface area contributed by atoms with Crippen LogP contribution in [0.15, 0.2) is 22.7 Å². The predicted octanol–water partition coefficient (Wildman–Crippen LogP) is 4.33. The molecule has 0 spiro atoms. The van der Waals surface area contributed by atoms with Crippen molar-refractivity contribution < 1.29 is 0 Å². The van der Waals surface area contributed by atoms with Crippen LogP contribution in [0.3, 0.4) is 0 Å². The Hall–Kier alpha value is -0.540. The predicted molar refractivity (Wildman–Crippen MR) is 86.8 cm³/mol. The van der Waals surface area contributed by atoms with Gasteiger partial charge in [-0.15, -0.1) is 0 Å². The molecule has 0 amide bonds. The average molecular weight is 325 g/mol. The highest BCUT2D eigenvalue weighted by Crippen LogP contribution is 2.31. The van der Waals surface area contributed by atoms with Crippen molar-refractivity contribution in [2.45, 2.75) is 52.1 Å². The molecule has 1 aliphatic heterocycles. The molecule has 1 aromatic carbocycles. The third kappa shape index (κ3) is 3.96. The van der Waals surface area contributed by atoms with Gasteiger partial charge in [-0.05, 0) is 59.9 Å². The number of rotatable bonds is 4. The minimum absolute atomic E-state index is 0.651. The molecule has 2 nitrogen and oxygen atoms in total. The molecule has 1 saturated heterocycles. The van der Waals surface area contributed by atoms with Gasteiger partial charge in [0.25, 0.3) is 0 Å². The van der Waals surface area contributed by atoms with Gasteiger partial charge in [0.2, 0.25) is 0 Å². The number of nitrogens with one attached hydrogen (secondary N) is 1. The van der Waals surface area contributed by atoms with Crippen molar-refractivity contribution in [3.05, 3.63) is 28.2 Å². The molecule has 1 fully saturated rings. The third-order valence-electron chi connectivity index (χ3n) is 3.95. The van der Waals surface area contributed by atoms with Crippen LogP contribution < -0.4 is 10.2 Å². The van der Waals surface area contributed by atoms with E-state index in [1.165, 1.54) is 48.0 Å². The Kier molecular flexibility index (Phi) is 5.71. The fourth-order valence-corrected chi connectivity index (χ4v) is 3.45. The molecule has 0 saturated carbocycles. The molecule has 1 heterocycles. The van der Waals surface area contributed by atoms with Gasteiger partial charge in [-0.25, -0.2) is 0 Å². The molecule has 3 heteroatoms. The Labute approximate surface area is 125 Å². The number of anilines is 1. The van der Waals surface area contributed by atoms with Crippen molar-refractivity contribution in [1.82, 2.24) is 5.32 Å². The Bertz CT molecular complexity index is 406. The second-order valence-corrected chi connectivity index (χ2v) is 6.31. The van der Waals surface area contributed by atoms with E-state index in [2.05, 4.69) is 58.2 Å². The lowest BCUT2D eigenvalue weighted by molar-refractivity contribution is 0.615. The highest BCUT2D eigenvalue weighted by atomic mass is 79.9. The first-order chi connectivity index (χ1) is 9.22. The monoisotopic (exact) mass is 324 g/mol. The van der Waals surface area contributed by atoms with Crippen LogP contribution in [0.2, 0.25) is 0 Å². The maximum absolute atomic E-state index is 3.76. The zero-order valence-corrected chi connectivity index (χ0v) is 13.7. The second-order valence-electron chi connectivity index (χ2n) is 5.46. The van der Waals surface area contributed by atoms with Crippen molar-refractivity contribution in [2.24, 2.45) is 0 Å². The normalized spacial score (nSPS) is 20.4. The summed E-state index contributed by atoms with van der Waals surface area (Å²) in [5.41, 5.74) is 2.70. The molecule has 2 rings (SSSR count). The molecule has 19 heavy (non-hydrogen) atoms. The molecule has 1 unspecified atom stereocenters. The van der Waals surface area contributed by atoms with Crippen LogP contribution in [0, 0.1) is 0 Å². The summed E-state index contributed by atoms with van der Waals surface area (Å²) >= 11 is 3.76. The first kappa shape index (κ1) is 14.9. The molecule has 1 aromatic rings. The van der Waals surface area contributed by atoms with Gasteiger partial charge < -0.3 is 10.2 Å². The van der Waals surface area contributed by atoms with Crippen LogP contribution in [-0.2, 0) is 6.54 Å². The number of nitrogens with zero attached hydrogens (tertiary/aromatic N) is 1. The summed E-state index contributed by atoms with van der Waals surface area (Å²) in [6, 6.07) is 7.44. The first-order valence-electron chi connectivity index (χ1n) is 7.48. The number of hydrogen-bond donors (Lipinski definition) is 1. The van der Waals surface area contributed by atoms with E-state index in [1.54, 1.807) is 0 Å². The largest absolute Gasteiger partial charge is 0.368 e. The summed E-state index contributed by atoms with van der Waals surface area (Å²) in [7, 11) is 0. The highest BCUT2D eigenvalue weighted by molar-refractivity contribution is 9.10. The molecular weight excluding hydrogens is 300 g/mol. The molecule has 0 aromatic heterocycles. The smallest absolute Gasteiger partial charge is 0.0513 e. The van der Waals surface area contributed by atoms with Gasteiger partial charge >= 0.3 is 0 Å². The van der Waals surface area contributed by atoms with Gasteiger partial charge in [0.05, 0.1) is 5.69 Å². The van der Waals surface area contributed by atoms with Gasteiger partial charge in [0, 0.05) is 23.6 Å². The lowest BCUT2D eigenvalue weighted by atomic mass is 10.1. The van der Waals surface area contributed by atoms with Gasteiger partial charge in [-0.3, -0.25) is 0 Å². The number of halogens is 1. The Balaban J connectivity index is 2.14. The Morgan fingerprint density at radius 3 is 2.89 bits per heavy atom. The summed E-state index contributed by atoms with van der Waals surface area (Å²) in [5, 5.41) is 3.38. The quantitative estimate of drug-likeness (QED) is 0.886. The van der Waals surface area contributed by atoms with E-state index in [-0.39, 0.29) is 0 Å². The minimum Gasteiger partial charge on any atom is -0.368 e. The first-order valence-corrected chi connectivity index (χ1v) is 8.27. The van der Waals surface area contributed by atoms with Crippen LogP contribution in [0.25, 0.3) is 0 Å². The van der Waals surface area contributed by atoms with E-state index < -0.39 is 0 Å². The van der Waals surface area contributed by atoms with E-state index in [9.17, 15) is 0 Å². The standard InChI is InChI=1S/C16H25BrN2/c1-3-18-12-14-8-9-16(15(17)11-14)19-10-6-4-5-7-13(19)2/h8-9,11,13,18H,3-7,10,12H2,1-2H3. The van der Waals surface area contributed by atoms with Gasteiger partial charge in [-0.1, -0.05) is 25.8 Å². The summed E-state index contributed by atoms with van der Waals surface area (Å²) in [5.74, 6) is 0. The summed E-state index contributed by atoms with van der Waals surface area (Å²) < 4.78 is 1.23. The number of hydrogen-bond acceptors (Lipinski definition) is 2. The van der Waals surface area contributed by atoms with Crippen molar-refractivity contribution >= 4 is 21.6 Å². The van der Waals surface area contributed by atoms with E-state index in [0.29, 0.717) is 6.04 Å². The van der Waals surface area contributed by atoms with Gasteiger partial charge in [0.1, 0.15) is 0 Å². The molecule has 0 aliphatic carbocycles. The van der Waals surface area contributed by atoms with Crippen LogP contribution >= 0.6 is 15.9 Å². The second kappa shape index (κ2) is 7.30. The minimum atomic E-state index is 0.651. The Morgan fingerprint density at radius 1 is 1.32 bits per heavy atom. The van der Waals surface area contributed by atoms with Crippen LogP contribution in [0.5, 0.6) is 0 Å². The van der Waals surface area contributed by atoms with E-state index >= 15 is 0 Å². The van der Waals surface area contributed by atoms with E-state index in [0.717, 1.165) is 13.1 Å². The third-order valence-corrected chi connectivity index (χ3v) is 4.59. The lowest BCUT2D eigenvalue weighted by Crippen LogP contribution is -2.32. The summed E-state index contributed by atoms with van der Waals surface area (Å²) in [6.07, 6.45) is 5.37. The summed E-state index contributed by atoms with van der Waals surface area (Å²) in [6.45, 7) is 7.65. The van der Waals surface area contributed by atoms with E-state index in [4.69, 9.17) is 0 Å². The Morgan fingerprint density at radius 2 is 2.16 bits per heavy atom. The maximum atomic E-state index is 3.76. The van der Waals surface area contributed by atoms with Crippen LogP contribution in [-0.4, -0.2) is 19.1 Å². The average Bonchev–Trinajstić information content (AvgIpc) is 2.61. The van der Waals surface area contributed by atoms with E-state index in [1.807, 2.05) is 0 Å². The van der Waals surface area contributed by atoms with Crippen LogP contribution in [0.1, 0.15) is 45.1 Å². The van der Waals surface area contributed by atoms with Crippen molar-refractivity contribution in [3.63, 3.8) is 0 Å². The fraction of sp³-hybridized carbons (Fsp3) is 0.625. The summed E-state index contributed by atoms with van der Waals surface area (Å²) in [4.78, 5) is 2.56. The van der Waals surface area contributed by atoms with Gasteiger partial charge in [0.15, 0.2) is 0 Å². The molecule has 0 radical (unpaired) electrons. The molecule has 106 valence electrons. The molecule has 1 aliphatic rings. The van der Waals surface area contributed by atoms with Crippen molar-refractivity contribution in [3.8, 4) is 0 Å². The zero-order valence-electron chi connectivity index (χ0n) is 12.1. The number of benzene rings is 1. The molecule has 0 bridgehead atoms. The zero-order chi connectivity index (χ0) is 13.7. The van der Waals surface area contributed by atoms with Gasteiger partial charge in [-0.2, -0.15) is 0 Å². The highest BCUT2D eigenvalue weighted by Gasteiger charge is 2.19. The topological polar surface area (TPSA) is 15.3 Å².